The van der Waals surface area contributed by atoms with Gasteiger partial charge >= 0.3 is 5.00 Å². The Morgan fingerprint density at radius 1 is 1.32 bits per heavy atom. The lowest BCUT2D eigenvalue weighted by Gasteiger charge is -2.18. The van der Waals surface area contributed by atoms with Crippen molar-refractivity contribution in [1.82, 2.24) is 5.32 Å². The predicted octanol–water partition coefficient (Wildman–Crippen LogP) is 3.52. The second-order valence-electron chi connectivity index (χ2n) is 4.76. The lowest BCUT2D eigenvalue weighted by Crippen LogP contribution is -2.18. The van der Waals surface area contributed by atoms with Crippen molar-refractivity contribution < 1.29 is 14.4 Å². The third-order valence-electron chi connectivity index (χ3n) is 3.34. The zero-order valence-electron chi connectivity index (χ0n) is 12.7. The number of ether oxygens (including phenoxy) is 2. The largest absolute Gasteiger partial charge is 0.497 e. The first-order valence-electron chi connectivity index (χ1n) is 6.72. The molecule has 1 heterocycles. The Labute approximate surface area is 132 Å². The standard InChI is InChI=1S/C15H18N2O4S/c1-10(13-7-12(20-2)4-5-14(13)21-3)16-8-11-6-15(17(18)19)22-9-11/h4-7,9-10,16H,8H2,1-3H3. The van der Waals surface area contributed by atoms with E-state index in [1.807, 2.05) is 25.1 Å². The van der Waals surface area contributed by atoms with Crippen LogP contribution >= 0.6 is 11.3 Å². The van der Waals surface area contributed by atoms with Crippen LogP contribution in [-0.4, -0.2) is 19.1 Å². The fourth-order valence-electron chi connectivity index (χ4n) is 2.11. The van der Waals surface area contributed by atoms with Crippen LogP contribution in [0.3, 0.4) is 0 Å². The van der Waals surface area contributed by atoms with Gasteiger partial charge in [0.15, 0.2) is 0 Å². The van der Waals surface area contributed by atoms with Crippen LogP contribution in [0.5, 0.6) is 11.5 Å². The van der Waals surface area contributed by atoms with Gasteiger partial charge in [-0.2, -0.15) is 0 Å². The van der Waals surface area contributed by atoms with Gasteiger partial charge in [-0.1, -0.05) is 11.3 Å². The molecule has 0 aliphatic carbocycles. The summed E-state index contributed by atoms with van der Waals surface area (Å²) in [5.41, 5.74) is 1.87. The van der Waals surface area contributed by atoms with E-state index in [9.17, 15) is 10.1 Å². The second kappa shape index (κ2) is 7.24. The molecule has 22 heavy (non-hydrogen) atoms. The first-order chi connectivity index (χ1) is 10.5. The molecule has 1 unspecified atom stereocenters. The van der Waals surface area contributed by atoms with Gasteiger partial charge in [-0.05, 0) is 30.7 Å². The first kappa shape index (κ1) is 16.3. The summed E-state index contributed by atoms with van der Waals surface area (Å²) in [6, 6.07) is 7.24. The molecule has 0 amide bonds. The molecular formula is C15H18N2O4S. The van der Waals surface area contributed by atoms with E-state index < -0.39 is 0 Å². The number of nitro groups is 1. The molecule has 2 rings (SSSR count). The molecule has 0 aliphatic heterocycles. The van der Waals surface area contributed by atoms with Crippen LogP contribution in [0.15, 0.2) is 29.6 Å². The minimum atomic E-state index is -0.372. The summed E-state index contributed by atoms with van der Waals surface area (Å²) in [5, 5.41) is 16.0. The summed E-state index contributed by atoms with van der Waals surface area (Å²) in [4.78, 5) is 10.3. The fraction of sp³-hybridized carbons (Fsp3) is 0.333. The zero-order valence-corrected chi connectivity index (χ0v) is 13.5. The van der Waals surface area contributed by atoms with Crippen molar-refractivity contribution in [2.75, 3.05) is 14.2 Å². The van der Waals surface area contributed by atoms with E-state index in [-0.39, 0.29) is 16.0 Å². The predicted molar refractivity (Wildman–Crippen MR) is 85.8 cm³/mol. The second-order valence-corrected chi connectivity index (χ2v) is 5.65. The molecule has 118 valence electrons. The van der Waals surface area contributed by atoms with Gasteiger partial charge in [0.1, 0.15) is 11.5 Å². The quantitative estimate of drug-likeness (QED) is 0.623. The molecule has 0 saturated carbocycles. The highest BCUT2D eigenvalue weighted by atomic mass is 32.1. The molecule has 0 fully saturated rings. The summed E-state index contributed by atoms with van der Waals surface area (Å²) in [7, 11) is 3.24. The number of rotatable bonds is 7. The van der Waals surface area contributed by atoms with Gasteiger partial charge in [0.2, 0.25) is 0 Å². The van der Waals surface area contributed by atoms with E-state index in [0.717, 1.165) is 34.0 Å². The average molecular weight is 322 g/mol. The van der Waals surface area contributed by atoms with E-state index in [1.165, 1.54) is 0 Å². The Kier molecular flexibility index (Phi) is 5.35. The highest BCUT2D eigenvalue weighted by Gasteiger charge is 2.14. The number of nitrogens with zero attached hydrogens (tertiary/aromatic N) is 1. The molecule has 1 N–H and O–H groups in total. The molecule has 2 aromatic rings. The zero-order chi connectivity index (χ0) is 16.1. The lowest BCUT2D eigenvalue weighted by molar-refractivity contribution is -0.380. The first-order valence-corrected chi connectivity index (χ1v) is 7.60. The molecule has 0 spiro atoms. The third-order valence-corrected chi connectivity index (χ3v) is 4.26. The molecule has 0 radical (unpaired) electrons. The molecule has 1 aromatic carbocycles. The highest BCUT2D eigenvalue weighted by molar-refractivity contribution is 7.13. The van der Waals surface area contributed by atoms with Gasteiger partial charge in [0, 0.05) is 29.6 Å². The van der Waals surface area contributed by atoms with Crippen molar-refractivity contribution in [3.05, 3.63) is 50.9 Å². The average Bonchev–Trinajstić information content (AvgIpc) is 3.01. The van der Waals surface area contributed by atoms with Crippen LogP contribution in [-0.2, 0) is 6.54 Å². The number of methoxy groups -OCH3 is 2. The maximum Gasteiger partial charge on any atom is 0.324 e. The Balaban J connectivity index is 2.07. The number of thiophene rings is 1. The summed E-state index contributed by atoms with van der Waals surface area (Å²) in [6.45, 7) is 2.56. The Morgan fingerprint density at radius 3 is 2.68 bits per heavy atom. The van der Waals surface area contributed by atoms with Gasteiger partial charge in [-0.25, -0.2) is 0 Å². The Morgan fingerprint density at radius 2 is 2.09 bits per heavy atom. The van der Waals surface area contributed by atoms with Crippen LogP contribution in [0.4, 0.5) is 5.00 Å². The van der Waals surface area contributed by atoms with Gasteiger partial charge in [0.25, 0.3) is 0 Å². The van der Waals surface area contributed by atoms with Crippen molar-refractivity contribution in [2.24, 2.45) is 0 Å². The normalized spacial score (nSPS) is 12.0. The van der Waals surface area contributed by atoms with E-state index in [2.05, 4.69) is 5.32 Å². The summed E-state index contributed by atoms with van der Waals surface area (Å²) < 4.78 is 10.6. The molecule has 1 aromatic heterocycles. The van der Waals surface area contributed by atoms with Crippen molar-refractivity contribution in [2.45, 2.75) is 19.5 Å². The van der Waals surface area contributed by atoms with Crippen LogP contribution in [0.1, 0.15) is 24.1 Å². The Bertz CT molecular complexity index is 657. The number of nitrogens with one attached hydrogen (secondary N) is 1. The van der Waals surface area contributed by atoms with Crippen LogP contribution in [0.2, 0.25) is 0 Å². The van der Waals surface area contributed by atoms with Gasteiger partial charge in [-0.3, -0.25) is 10.1 Å². The maximum absolute atomic E-state index is 10.7. The minimum absolute atomic E-state index is 0.0176. The molecule has 0 bridgehead atoms. The van der Waals surface area contributed by atoms with Crippen molar-refractivity contribution in [1.29, 1.82) is 0 Å². The molecule has 7 heteroatoms. The topological polar surface area (TPSA) is 73.6 Å². The van der Waals surface area contributed by atoms with Gasteiger partial charge in [-0.15, -0.1) is 0 Å². The van der Waals surface area contributed by atoms with Crippen molar-refractivity contribution in [3.63, 3.8) is 0 Å². The van der Waals surface area contributed by atoms with E-state index in [1.54, 1.807) is 25.7 Å². The molecular weight excluding hydrogens is 304 g/mol. The maximum atomic E-state index is 10.7. The number of hydrogen-bond acceptors (Lipinski definition) is 6. The van der Waals surface area contributed by atoms with Crippen LogP contribution in [0.25, 0.3) is 0 Å². The lowest BCUT2D eigenvalue weighted by atomic mass is 10.1. The smallest absolute Gasteiger partial charge is 0.324 e. The highest BCUT2D eigenvalue weighted by Crippen LogP contribution is 2.30. The van der Waals surface area contributed by atoms with Crippen LogP contribution < -0.4 is 14.8 Å². The number of hydrogen-bond donors (Lipinski definition) is 1. The molecule has 1 atom stereocenters. The van der Waals surface area contributed by atoms with E-state index >= 15 is 0 Å². The summed E-state index contributed by atoms with van der Waals surface area (Å²) >= 11 is 1.14. The molecule has 0 aliphatic rings. The van der Waals surface area contributed by atoms with E-state index in [0.29, 0.717) is 6.54 Å². The fourth-order valence-corrected chi connectivity index (χ4v) is 2.84. The molecule has 0 saturated heterocycles. The van der Waals surface area contributed by atoms with Crippen LogP contribution in [0, 0.1) is 10.1 Å². The van der Waals surface area contributed by atoms with Gasteiger partial charge < -0.3 is 14.8 Å². The van der Waals surface area contributed by atoms with Crippen molar-refractivity contribution in [3.8, 4) is 11.5 Å². The minimum Gasteiger partial charge on any atom is -0.497 e. The Hall–Kier alpha value is -2.12. The summed E-state index contributed by atoms with van der Waals surface area (Å²) in [5.74, 6) is 1.53. The number of benzene rings is 1. The van der Waals surface area contributed by atoms with Gasteiger partial charge in [0.05, 0.1) is 19.1 Å². The van der Waals surface area contributed by atoms with E-state index in [4.69, 9.17) is 9.47 Å². The third kappa shape index (κ3) is 3.75. The summed E-state index contributed by atoms with van der Waals surface area (Å²) in [6.07, 6.45) is 0. The van der Waals surface area contributed by atoms with Crippen molar-refractivity contribution >= 4 is 16.3 Å². The monoisotopic (exact) mass is 322 g/mol. The SMILES string of the molecule is COc1ccc(OC)c(C(C)NCc2csc([N+](=O)[O-])c2)c1. The molecule has 6 nitrogen and oxygen atoms in total.